The summed E-state index contributed by atoms with van der Waals surface area (Å²) in [5.41, 5.74) is -4.21. The van der Waals surface area contributed by atoms with Crippen molar-refractivity contribution in [1.29, 1.82) is 0 Å². The number of allylic oxidation sites excluding steroid dienone is 1. The van der Waals surface area contributed by atoms with Gasteiger partial charge in [0.05, 0.1) is 5.56 Å². The zero-order valence-corrected chi connectivity index (χ0v) is 13.5. The van der Waals surface area contributed by atoms with Gasteiger partial charge in [-0.25, -0.2) is 0 Å². The second kappa shape index (κ2) is 4.74. The summed E-state index contributed by atoms with van der Waals surface area (Å²) in [5, 5.41) is 32.1. The van der Waals surface area contributed by atoms with Crippen molar-refractivity contribution in [3.05, 3.63) is 52.1 Å². The number of hydrogen-bond donors (Lipinski definition) is 3. The number of fused-ring (bicyclic) bond motifs is 3. The second-order valence-corrected chi connectivity index (χ2v) is 6.99. The van der Waals surface area contributed by atoms with Gasteiger partial charge in [0.25, 0.3) is 0 Å². The molecular formula is C19H16O6. The predicted molar refractivity (Wildman–Crippen MR) is 86.3 cm³/mol. The summed E-state index contributed by atoms with van der Waals surface area (Å²) in [6.45, 7) is 1.67. The molecule has 25 heavy (non-hydrogen) atoms. The molecule has 2 unspecified atom stereocenters. The highest BCUT2D eigenvalue weighted by atomic mass is 16.4. The van der Waals surface area contributed by atoms with E-state index in [-0.39, 0.29) is 47.3 Å². The van der Waals surface area contributed by atoms with Crippen molar-refractivity contribution in [2.75, 3.05) is 0 Å². The number of phenols is 1. The van der Waals surface area contributed by atoms with Crippen molar-refractivity contribution in [2.24, 2.45) is 0 Å². The standard InChI is InChI=1S/C19H16O6/c1-9-7-13(21)19(25)15-11(5-6-18(19,24)8-9)16(22)14-10(17(15)23)3-2-4-12(14)20/h2-4,7,20,24-25H,5-6,8H2,1H3. The van der Waals surface area contributed by atoms with Crippen LogP contribution in [0.4, 0.5) is 0 Å². The first-order valence-corrected chi connectivity index (χ1v) is 8.02. The van der Waals surface area contributed by atoms with Gasteiger partial charge in [0.2, 0.25) is 0 Å². The number of rotatable bonds is 0. The molecule has 1 aromatic rings. The van der Waals surface area contributed by atoms with Gasteiger partial charge in [-0.05, 0) is 31.9 Å². The predicted octanol–water partition coefficient (Wildman–Crippen LogP) is 1.24. The Morgan fingerprint density at radius 2 is 1.80 bits per heavy atom. The molecule has 6 nitrogen and oxygen atoms in total. The van der Waals surface area contributed by atoms with Crippen molar-refractivity contribution in [3.8, 4) is 5.75 Å². The molecule has 0 spiro atoms. The van der Waals surface area contributed by atoms with Crippen LogP contribution in [0.25, 0.3) is 0 Å². The van der Waals surface area contributed by atoms with Crippen LogP contribution in [0.1, 0.15) is 46.9 Å². The number of carbonyl (C=O) groups is 3. The molecule has 0 aliphatic heterocycles. The van der Waals surface area contributed by atoms with Crippen molar-refractivity contribution in [1.82, 2.24) is 0 Å². The Bertz CT molecular complexity index is 937. The Hall–Kier alpha value is -2.57. The van der Waals surface area contributed by atoms with E-state index in [0.29, 0.717) is 5.57 Å². The Morgan fingerprint density at radius 3 is 2.52 bits per heavy atom. The first kappa shape index (κ1) is 15.9. The molecule has 3 N–H and O–H groups in total. The number of ketones is 3. The number of hydrogen-bond acceptors (Lipinski definition) is 6. The minimum absolute atomic E-state index is 0.00696. The van der Waals surface area contributed by atoms with Crippen molar-refractivity contribution in [2.45, 2.75) is 37.4 Å². The van der Waals surface area contributed by atoms with Crippen LogP contribution in [0.3, 0.4) is 0 Å². The van der Waals surface area contributed by atoms with E-state index in [1.54, 1.807) is 6.92 Å². The highest BCUT2D eigenvalue weighted by molar-refractivity contribution is 6.31. The third-order valence-electron chi connectivity index (χ3n) is 5.45. The van der Waals surface area contributed by atoms with E-state index in [2.05, 4.69) is 0 Å². The molecule has 0 heterocycles. The third kappa shape index (κ3) is 1.78. The van der Waals surface area contributed by atoms with Crippen LogP contribution < -0.4 is 0 Å². The highest BCUT2D eigenvalue weighted by Crippen LogP contribution is 2.51. The summed E-state index contributed by atoms with van der Waals surface area (Å²) in [6.07, 6.45) is 1.27. The zero-order chi connectivity index (χ0) is 18.1. The summed E-state index contributed by atoms with van der Waals surface area (Å²) in [4.78, 5) is 38.5. The molecule has 0 amide bonds. The quantitative estimate of drug-likeness (QED) is 0.655. The fraction of sp³-hybridized carbons (Fsp3) is 0.316. The first-order valence-electron chi connectivity index (χ1n) is 8.02. The maximum absolute atomic E-state index is 13.0. The molecule has 3 aliphatic carbocycles. The lowest BCUT2D eigenvalue weighted by atomic mass is 9.58. The van der Waals surface area contributed by atoms with E-state index >= 15 is 0 Å². The van der Waals surface area contributed by atoms with Gasteiger partial charge in [0.1, 0.15) is 11.4 Å². The number of carbonyl (C=O) groups excluding carboxylic acids is 3. The van der Waals surface area contributed by atoms with E-state index in [9.17, 15) is 29.7 Å². The van der Waals surface area contributed by atoms with E-state index in [1.165, 1.54) is 24.3 Å². The van der Waals surface area contributed by atoms with Gasteiger partial charge in [0, 0.05) is 23.1 Å². The third-order valence-corrected chi connectivity index (χ3v) is 5.45. The normalized spacial score (nSPS) is 31.3. The molecule has 3 aliphatic rings. The van der Waals surface area contributed by atoms with Crippen LogP contribution in [0.5, 0.6) is 5.75 Å². The maximum atomic E-state index is 13.0. The molecule has 4 rings (SSSR count). The van der Waals surface area contributed by atoms with Gasteiger partial charge in [-0.1, -0.05) is 17.7 Å². The van der Waals surface area contributed by atoms with Crippen molar-refractivity contribution in [3.63, 3.8) is 0 Å². The Morgan fingerprint density at radius 1 is 1.08 bits per heavy atom. The zero-order valence-electron chi connectivity index (χ0n) is 13.5. The van der Waals surface area contributed by atoms with E-state index in [1.807, 2.05) is 0 Å². The number of aromatic hydroxyl groups is 1. The van der Waals surface area contributed by atoms with Gasteiger partial charge in [-0.2, -0.15) is 0 Å². The molecule has 0 aromatic heterocycles. The largest absolute Gasteiger partial charge is 0.507 e. The van der Waals surface area contributed by atoms with Gasteiger partial charge in [-0.15, -0.1) is 0 Å². The SMILES string of the molecule is CC1=CC(=O)C2(O)C3=C(CCC2(O)C1)C(=O)c1c(O)cccc1C3=O. The average molecular weight is 340 g/mol. The summed E-state index contributed by atoms with van der Waals surface area (Å²) in [6, 6.07) is 4.09. The summed E-state index contributed by atoms with van der Waals surface area (Å²) < 4.78 is 0. The monoisotopic (exact) mass is 340 g/mol. The molecule has 6 heteroatoms. The number of Topliss-reactive ketones (excluding diaryl/α,β-unsaturated/α-hetero) is 2. The molecule has 0 radical (unpaired) electrons. The van der Waals surface area contributed by atoms with Gasteiger partial charge in [-0.3, -0.25) is 14.4 Å². The molecule has 1 aromatic carbocycles. The average Bonchev–Trinajstić information content (AvgIpc) is 2.53. The molecule has 0 bridgehead atoms. The summed E-state index contributed by atoms with van der Waals surface area (Å²) in [7, 11) is 0. The lowest BCUT2D eigenvalue weighted by Crippen LogP contribution is -2.65. The molecule has 0 saturated heterocycles. The van der Waals surface area contributed by atoms with Crippen LogP contribution in [-0.4, -0.2) is 43.9 Å². The van der Waals surface area contributed by atoms with Crippen LogP contribution in [-0.2, 0) is 4.79 Å². The minimum atomic E-state index is -2.45. The number of phenolic OH excluding ortho intramolecular Hbond substituents is 1. The van der Waals surface area contributed by atoms with E-state index < -0.39 is 28.6 Å². The van der Waals surface area contributed by atoms with Crippen LogP contribution in [0.2, 0.25) is 0 Å². The van der Waals surface area contributed by atoms with Crippen LogP contribution in [0, 0.1) is 0 Å². The Kier molecular flexibility index (Phi) is 3.02. The molecule has 128 valence electrons. The Balaban J connectivity index is 2.02. The number of benzene rings is 1. The maximum Gasteiger partial charge on any atom is 0.194 e. The summed E-state index contributed by atoms with van der Waals surface area (Å²) in [5.74, 6) is -2.41. The molecule has 0 fully saturated rings. The Labute approximate surface area is 143 Å². The van der Waals surface area contributed by atoms with Gasteiger partial charge in [0.15, 0.2) is 23.0 Å². The summed E-state index contributed by atoms with van der Waals surface area (Å²) >= 11 is 0. The fourth-order valence-corrected chi connectivity index (χ4v) is 4.28. The molecule has 2 atom stereocenters. The highest BCUT2D eigenvalue weighted by Gasteiger charge is 2.63. The van der Waals surface area contributed by atoms with Gasteiger partial charge >= 0.3 is 0 Å². The fourth-order valence-electron chi connectivity index (χ4n) is 4.28. The van der Waals surface area contributed by atoms with Crippen LogP contribution in [0.15, 0.2) is 41.0 Å². The van der Waals surface area contributed by atoms with Crippen molar-refractivity contribution >= 4 is 17.3 Å². The van der Waals surface area contributed by atoms with Crippen molar-refractivity contribution < 1.29 is 29.7 Å². The van der Waals surface area contributed by atoms with Gasteiger partial charge < -0.3 is 15.3 Å². The van der Waals surface area contributed by atoms with E-state index in [0.717, 1.165) is 0 Å². The lowest BCUT2D eigenvalue weighted by Gasteiger charge is -2.49. The molecule has 0 saturated carbocycles. The smallest absolute Gasteiger partial charge is 0.194 e. The first-order chi connectivity index (χ1) is 11.7. The second-order valence-electron chi connectivity index (χ2n) is 6.99. The topological polar surface area (TPSA) is 112 Å². The van der Waals surface area contributed by atoms with E-state index in [4.69, 9.17) is 0 Å². The number of aliphatic hydroxyl groups is 2. The lowest BCUT2D eigenvalue weighted by molar-refractivity contribution is -0.165. The van der Waals surface area contributed by atoms with Crippen LogP contribution >= 0.6 is 0 Å². The molecular weight excluding hydrogens is 324 g/mol. The minimum Gasteiger partial charge on any atom is -0.507 e.